The Kier molecular flexibility index (Phi) is 4.35. The molecule has 6 nitrogen and oxygen atoms in total. The number of methoxy groups -OCH3 is 1. The molecule has 2 N–H and O–H groups in total. The highest BCUT2D eigenvalue weighted by atomic mass is 16.5. The minimum Gasteiger partial charge on any atom is -0.495 e. The van der Waals surface area contributed by atoms with E-state index in [-0.39, 0.29) is 22.4 Å². The maximum Gasteiger partial charge on any atom is 0.262 e. The second-order valence-corrected chi connectivity index (χ2v) is 5.47. The molecule has 0 aliphatic carbocycles. The van der Waals surface area contributed by atoms with E-state index in [0.29, 0.717) is 16.8 Å². The van der Waals surface area contributed by atoms with Crippen molar-refractivity contribution < 1.29 is 9.53 Å². The van der Waals surface area contributed by atoms with Crippen LogP contribution in [0.1, 0.15) is 10.4 Å². The number of rotatable bonds is 4. The quantitative estimate of drug-likeness (QED) is 0.792. The third-order valence-corrected chi connectivity index (χ3v) is 3.99. The summed E-state index contributed by atoms with van der Waals surface area (Å²) in [6.45, 7) is 0. The van der Waals surface area contributed by atoms with Gasteiger partial charge in [0.2, 0.25) is 0 Å². The van der Waals surface area contributed by atoms with Crippen LogP contribution >= 0.6 is 0 Å². The normalized spacial score (nSPS) is 10.5. The number of amides is 1. The zero-order valence-electron chi connectivity index (χ0n) is 13.9. The van der Waals surface area contributed by atoms with Gasteiger partial charge in [0.25, 0.3) is 11.5 Å². The lowest BCUT2D eigenvalue weighted by molar-refractivity contribution is 0.0997. The minimum atomic E-state index is -0.670. The summed E-state index contributed by atoms with van der Waals surface area (Å²) in [6, 6.07) is 12.6. The summed E-state index contributed by atoms with van der Waals surface area (Å²) in [6.07, 6.45) is 3.15. The van der Waals surface area contributed by atoms with Gasteiger partial charge in [-0.2, -0.15) is 0 Å². The first kappa shape index (κ1) is 16.4. The molecule has 2 heterocycles. The summed E-state index contributed by atoms with van der Waals surface area (Å²) in [5.74, 6) is -0.515. The van der Waals surface area contributed by atoms with Crippen molar-refractivity contribution in [1.29, 1.82) is 0 Å². The molecule has 0 bridgehead atoms. The van der Waals surface area contributed by atoms with Gasteiger partial charge >= 0.3 is 0 Å². The van der Waals surface area contributed by atoms with Gasteiger partial charge in [0.15, 0.2) is 0 Å². The molecule has 0 aliphatic heterocycles. The third kappa shape index (κ3) is 2.78. The first-order valence-electron chi connectivity index (χ1n) is 7.62. The van der Waals surface area contributed by atoms with E-state index < -0.39 is 5.91 Å². The standard InChI is InChI=1S/C19H17N3O3/c1-22-16(12-7-4-3-5-8-12)15(18(20)23)17(25-2)14(19(22)24)13-9-6-10-21-11-13/h3-11H,1-2H3,(H2,20,23). The molecule has 2 aromatic heterocycles. The van der Waals surface area contributed by atoms with Crippen LogP contribution in [0.15, 0.2) is 59.7 Å². The van der Waals surface area contributed by atoms with Gasteiger partial charge < -0.3 is 15.0 Å². The Morgan fingerprint density at radius 3 is 2.36 bits per heavy atom. The van der Waals surface area contributed by atoms with Crippen LogP contribution in [0.25, 0.3) is 22.4 Å². The number of benzene rings is 1. The molecular formula is C19H17N3O3. The molecule has 3 aromatic rings. The molecule has 0 spiro atoms. The highest BCUT2D eigenvalue weighted by molar-refractivity contribution is 6.03. The first-order valence-corrected chi connectivity index (χ1v) is 7.62. The lowest BCUT2D eigenvalue weighted by atomic mass is 9.98. The number of carbonyl (C=O) groups is 1. The Balaban J connectivity index is 2.47. The molecule has 0 radical (unpaired) electrons. The largest absolute Gasteiger partial charge is 0.495 e. The van der Waals surface area contributed by atoms with Crippen molar-refractivity contribution in [1.82, 2.24) is 9.55 Å². The molecule has 0 atom stereocenters. The van der Waals surface area contributed by atoms with Crippen LogP contribution in [0.4, 0.5) is 0 Å². The molecule has 1 aromatic carbocycles. The van der Waals surface area contributed by atoms with E-state index in [1.54, 1.807) is 31.6 Å². The highest BCUT2D eigenvalue weighted by Crippen LogP contribution is 2.35. The number of nitrogens with zero attached hydrogens (tertiary/aromatic N) is 2. The van der Waals surface area contributed by atoms with Crippen molar-refractivity contribution in [2.45, 2.75) is 0 Å². The Morgan fingerprint density at radius 2 is 1.80 bits per heavy atom. The van der Waals surface area contributed by atoms with Crippen LogP contribution in [-0.4, -0.2) is 22.6 Å². The fraction of sp³-hybridized carbons (Fsp3) is 0.105. The average molecular weight is 335 g/mol. The van der Waals surface area contributed by atoms with Gasteiger partial charge in [-0.05, 0) is 11.6 Å². The van der Waals surface area contributed by atoms with E-state index in [1.807, 2.05) is 30.3 Å². The van der Waals surface area contributed by atoms with Gasteiger partial charge in [-0.25, -0.2) is 0 Å². The van der Waals surface area contributed by atoms with E-state index in [2.05, 4.69) is 4.98 Å². The number of nitrogens with two attached hydrogens (primary N) is 1. The lowest BCUT2D eigenvalue weighted by Crippen LogP contribution is -2.27. The Labute approximate surface area is 144 Å². The zero-order valence-corrected chi connectivity index (χ0v) is 13.9. The molecule has 6 heteroatoms. The first-order chi connectivity index (χ1) is 12.1. The van der Waals surface area contributed by atoms with E-state index in [4.69, 9.17) is 10.5 Å². The maximum atomic E-state index is 13.0. The smallest absolute Gasteiger partial charge is 0.262 e. The molecule has 0 unspecified atom stereocenters. The van der Waals surface area contributed by atoms with Crippen molar-refractivity contribution in [3.8, 4) is 28.1 Å². The van der Waals surface area contributed by atoms with Crippen molar-refractivity contribution in [3.05, 3.63) is 70.8 Å². The average Bonchev–Trinajstić information content (AvgIpc) is 2.64. The zero-order chi connectivity index (χ0) is 18.0. The van der Waals surface area contributed by atoms with Gasteiger partial charge in [-0.15, -0.1) is 0 Å². The van der Waals surface area contributed by atoms with Gasteiger partial charge in [0.1, 0.15) is 11.3 Å². The summed E-state index contributed by atoms with van der Waals surface area (Å²) in [5, 5.41) is 0. The van der Waals surface area contributed by atoms with Crippen molar-refractivity contribution in [3.63, 3.8) is 0 Å². The molecule has 0 saturated heterocycles. The molecule has 1 amide bonds. The molecule has 25 heavy (non-hydrogen) atoms. The molecule has 0 fully saturated rings. The van der Waals surface area contributed by atoms with Crippen LogP contribution < -0.4 is 16.0 Å². The Morgan fingerprint density at radius 1 is 1.12 bits per heavy atom. The second kappa shape index (κ2) is 6.60. The minimum absolute atomic E-state index is 0.155. The van der Waals surface area contributed by atoms with Crippen molar-refractivity contribution >= 4 is 5.91 Å². The molecule has 0 aliphatic rings. The van der Waals surface area contributed by atoms with Crippen LogP contribution in [0.3, 0.4) is 0 Å². The van der Waals surface area contributed by atoms with Crippen molar-refractivity contribution in [2.75, 3.05) is 7.11 Å². The Bertz CT molecular complexity index is 980. The van der Waals surface area contributed by atoms with E-state index in [1.165, 1.54) is 11.7 Å². The van der Waals surface area contributed by atoms with E-state index >= 15 is 0 Å². The lowest BCUT2D eigenvalue weighted by Gasteiger charge is -2.19. The predicted molar refractivity (Wildman–Crippen MR) is 95.4 cm³/mol. The maximum absolute atomic E-state index is 13.0. The SMILES string of the molecule is COc1c(C(N)=O)c(-c2ccccc2)n(C)c(=O)c1-c1cccnc1. The number of ether oxygens (including phenoxy) is 1. The molecule has 126 valence electrons. The van der Waals surface area contributed by atoms with E-state index in [9.17, 15) is 9.59 Å². The third-order valence-electron chi connectivity index (χ3n) is 3.99. The van der Waals surface area contributed by atoms with E-state index in [0.717, 1.165) is 0 Å². The fourth-order valence-electron chi connectivity index (χ4n) is 2.90. The summed E-state index contributed by atoms with van der Waals surface area (Å²) in [5.41, 5.74) is 7.44. The van der Waals surface area contributed by atoms with Crippen molar-refractivity contribution in [2.24, 2.45) is 12.8 Å². The van der Waals surface area contributed by atoms with Crippen LogP contribution in [-0.2, 0) is 7.05 Å². The summed E-state index contributed by atoms with van der Waals surface area (Å²) in [7, 11) is 3.02. The van der Waals surface area contributed by atoms with Gasteiger partial charge in [-0.1, -0.05) is 36.4 Å². The van der Waals surface area contributed by atoms with Gasteiger partial charge in [0.05, 0.1) is 18.4 Å². The molecule has 3 rings (SSSR count). The Hall–Kier alpha value is -3.41. The summed E-state index contributed by atoms with van der Waals surface area (Å²) in [4.78, 5) is 29.3. The summed E-state index contributed by atoms with van der Waals surface area (Å²) < 4.78 is 6.87. The predicted octanol–water partition coefficient (Wildman–Crippen LogP) is 2.22. The second-order valence-electron chi connectivity index (χ2n) is 5.47. The molecular weight excluding hydrogens is 318 g/mol. The highest BCUT2D eigenvalue weighted by Gasteiger charge is 2.26. The number of pyridine rings is 2. The fourth-order valence-corrected chi connectivity index (χ4v) is 2.90. The monoisotopic (exact) mass is 335 g/mol. The number of hydrogen-bond acceptors (Lipinski definition) is 4. The van der Waals surface area contributed by atoms with Gasteiger partial charge in [0, 0.05) is 25.0 Å². The van der Waals surface area contributed by atoms with Crippen LogP contribution in [0.2, 0.25) is 0 Å². The topological polar surface area (TPSA) is 87.2 Å². The number of hydrogen-bond donors (Lipinski definition) is 1. The molecule has 0 saturated carbocycles. The number of primary amides is 1. The number of aromatic nitrogens is 2. The number of carbonyl (C=O) groups excluding carboxylic acids is 1. The van der Waals surface area contributed by atoms with Crippen LogP contribution in [0.5, 0.6) is 5.75 Å². The van der Waals surface area contributed by atoms with Crippen LogP contribution in [0, 0.1) is 0 Å². The van der Waals surface area contributed by atoms with Gasteiger partial charge in [-0.3, -0.25) is 14.6 Å². The summed E-state index contributed by atoms with van der Waals surface area (Å²) >= 11 is 0.